The van der Waals surface area contributed by atoms with Crippen molar-refractivity contribution >= 4 is 21.8 Å². The molecule has 1 saturated heterocycles. The summed E-state index contributed by atoms with van der Waals surface area (Å²) < 4.78 is 30.3. The first kappa shape index (κ1) is 25.9. The monoisotopic (exact) mass is 493 g/mol. The van der Waals surface area contributed by atoms with E-state index in [0.29, 0.717) is 32.6 Å². The Hall–Kier alpha value is -2.73. The fourth-order valence-corrected chi connectivity index (χ4v) is 5.46. The van der Waals surface area contributed by atoms with E-state index >= 15 is 0 Å². The third kappa shape index (κ3) is 6.89. The number of nitrogens with one attached hydrogen (secondary N) is 1. The number of piperazine rings is 1. The Balaban J connectivity index is 1.36. The van der Waals surface area contributed by atoms with Crippen LogP contribution in [-0.4, -0.2) is 87.5 Å². The van der Waals surface area contributed by atoms with Crippen molar-refractivity contribution in [1.29, 1.82) is 0 Å². The predicted molar refractivity (Wildman–Crippen MR) is 128 cm³/mol. The molecule has 188 valence electrons. The molecule has 2 aromatic heterocycles. The molecule has 0 bridgehead atoms. The Labute approximate surface area is 201 Å². The molecule has 0 radical (unpaired) electrons. The first-order valence-corrected chi connectivity index (χ1v) is 13.2. The van der Waals surface area contributed by atoms with Gasteiger partial charge < -0.3 is 10.2 Å². The zero-order valence-electron chi connectivity index (χ0n) is 20.5. The second-order valence-electron chi connectivity index (χ2n) is 8.75. The van der Waals surface area contributed by atoms with E-state index in [2.05, 4.69) is 15.5 Å². The lowest BCUT2D eigenvalue weighted by atomic mass is 10.3. The second-order valence-corrected chi connectivity index (χ2v) is 10.8. The van der Waals surface area contributed by atoms with Crippen molar-refractivity contribution in [2.75, 3.05) is 38.5 Å². The smallest absolute Gasteiger partial charge is 0.224 e. The number of amides is 2. The number of aromatic nitrogens is 4. The summed E-state index contributed by atoms with van der Waals surface area (Å²) in [5.74, 6) is -0.370. The molecule has 0 unspecified atom stereocenters. The summed E-state index contributed by atoms with van der Waals surface area (Å²) in [6.07, 6.45) is 0.568. The molecule has 1 N–H and O–H groups in total. The van der Waals surface area contributed by atoms with Gasteiger partial charge in [0.1, 0.15) is 0 Å². The zero-order chi connectivity index (χ0) is 24.9. The Morgan fingerprint density at radius 3 is 1.91 bits per heavy atom. The molecule has 1 aliphatic rings. The van der Waals surface area contributed by atoms with Gasteiger partial charge in [0.15, 0.2) is 0 Å². The summed E-state index contributed by atoms with van der Waals surface area (Å²) in [6.45, 7) is 9.97. The van der Waals surface area contributed by atoms with Crippen molar-refractivity contribution in [3.05, 3.63) is 34.9 Å². The standard InChI is InChI=1S/C22H35N7O4S/c1-17-15-19(3)28(24-17)8-5-21(30)23-7-14-34(32,33)27-12-10-26(11-13-27)22(31)6-9-29-20(4)16-18(2)25-29/h15-16H,5-14H2,1-4H3,(H,23,30). The molecule has 2 amide bonds. The molecule has 34 heavy (non-hydrogen) atoms. The summed E-state index contributed by atoms with van der Waals surface area (Å²) in [4.78, 5) is 26.3. The fourth-order valence-electron chi connectivity index (χ4n) is 4.12. The van der Waals surface area contributed by atoms with Gasteiger partial charge in [0.05, 0.1) is 17.1 Å². The fraction of sp³-hybridized carbons (Fsp3) is 0.636. The van der Waals surface area contributed by atoms with Gasteiger partial charge >= 0.3 is 0 Å². The Morgan fingerprint density at radius 2 is 1.41 bits per heavy atom. The minimum absolute atomic E-state index is 0.000484. The summed E-state index contributed by atoms with van der Waals surface area (Å²) in [5.41, 5.74) is 3.81. The maximum absolute atomic E-state index is 12.7. The summed E-state index contributed by atoms with van der Waals surface area (Å²) >= 11 is 0. The van der Waals surface area contributed by atoms with E-state index in [1.54, 1.807) is 9.58 Å². The number of nitrogens with zero attached hydrogens (tertiary/aromatic N) is 6. The first-order valence-electron chi connectivity index (χ1n) is 11.6. The van der Waals surface area contributed by atoms with Gasteiger partial charge in [-0.3, -0.25) is 19.0 Å². The molecule has 0 aromatic carbocycles. The van der Waals surface area contributed by atoms with E-state index in [1.807, 2.05) is 44.5 Å². The Bertz CT molecular complexity index is 1110. The largest absolute Gasteiger partial charge is 0.355 e. The molecule has 12 heteroatoms. The summed E-state index contributed by atoms with van der Waals surface area (Å²) in [5, 5.41) is 11.4. The summed E-state index contributed by atoms with van der Waals surface area (Å²) in [7, 11) is -3.51. The van der Waals surface area contributed by atoms with E-state index in [4.69, 9.17) is 0 Å². The van der Waals surface area contributed by atoms with Crippen LogP contribution in [0.3, 0.4) is 0 Å². The lowest BCUT2D eigenvalue weighted by Gasteiger charge is -2.34. The van der Waals surface area contributed by atoms with E-state index in [9.17, 15) is 18.0 Å². The van der Waals surface area contributed by atoms with Gasteiger partial charge in [-0.15, -0.1) is 0 Å². The van der Waals surface area contributed by atoms with Gasteiger partial charge in [-0.1, -0.05) is 0 Å². The quantitative estimate of drug-likeness (QED) is 0.511. The number of rotatable bonds is 10. The highest BCUT2D eigenvalue weighted by atomic mass is 32.2. The van der Waals surface area contributed by atoms with Gasteiger partial charge in [0, 0.05) is 70.0 Å². The van der Waals surface area contributed by atoms with E-state index in [0.717, 1.165) is 22.8 Å². The lowest BCUT2D eigenvalue weighted by Crippen LogP contribution is -2.51. The lowest BCUT2D eigenvalue weighted by molar-refractivity contribution is -0.132. The van der Waals surface area contributed by atoms with Gasteiger partial charge in [-0.25, -0.2) is 8.42 Å². The molecule has 0 spiro atoms. The van der Waals surface area contributed by atoms with Gasteiger partial charge in [-0.05, 0) is 39.8 Å². The van der Waals surface area contributed by atoms with Gasteiger partial charge in [0.25, 0.3) is 0 Å². The molecule has 0 saturated carbocycles. The molecule has 3 rings (SSSR count). The normalized spacial score (nSPS) is 15.0. The van der Waals surface area contributed by atoms with Crippen molar-refractivity contribution in [3.63, 3.8) is 0 Å². The van der Waals surface area contributed by atoms with Crippen molar-refractivity contribution < 1.29 is 18.0 Å². The third-order valence-electron chi connectivity index (χ3n) is 5.96. The number of carbonyl (C=O) groups is 2. The number of hydrogen-bond acceptors (Lipinski definition) is 6. The van der Waals surface area contributed by atoms with Crippen molar-refractivity contribution in [2.45, 2.75) is 53.6 Å². The van der Waals surface area contributed by atoms with Crippen LogP contribution in [0.15, 0.2) is 12.1 Å². The van der Waals surface area contributed by atoms with E-state index in [-0.39, 0.29) is 43.6 Å². The molecular formula is C22H35N7O4S. The van der Waals surface area contributed by atoms with Gasteiger partial charge in [-0.2, -0.15) is 14.5 Å². The number of sulfonamides is 1. The number of carbonyl (C=O) groups excluding carboxylic acids is 2. The zero-order valence-corrected chi connectivity index (χ0v) is 21.3. The molecule has 1 aliphatic heterocycles. The van der Waals surface area contributed by atoms with Gasteiger partial charge in [0.2, 0.25) is 21.8 Å². The first-order chi connectivity index (χ1) is 16.0. The molecule has 11 nitrogen and oxygen atoms in total. The molecule has 2 aromatic rings. The molecule has 0 atom stereocenters. The van der Waals surface area contributed by atoms with Crippen LogP contribution in [0, 0.1) is 27.7 Å². The van der Waals surface area contributed by atoms with Crippen LogP contribution in [-0.2, 0) is 32.7 Å². The van der Waals surface area contributed by atoms with Crippen LogP contribution in [0.5, 0.6) is 0 Å². The van der Waals surface area contributed by atoms with Crippen LogP contribution in [0.4, 0.5) is 0 Å². The highest BCUT2D eigenvalue weighted by Gasteiger charge is 2.28. The van der Waals surface area contributed by atoms with Crippen LogP contribution in [0.25, 0.3) is 0 Å². The van der Waals surface area contributed by atoms with Crippen molar-refractivity contribution in [3.8, 4) is 0 Å². The van der Waals surface area contributed by atoms with Crippen molar-refractivity contribution in [2.24, 2.45) is 0 Å². The highest BCUT2D eigenvalue weighted by molar-refractivity contribution is 7.89. The molecule has 0 aliphatic carbocycles. The predicted octanol–water partition coefficient (Wildman–Crippen LogP) is 0.384. The van der Waals surface area contributed by atoms with Crippen LogP contribution in [0.1, 0.15) is 35.6 Å². The Morgan fingerprint density at radius 1 is 0.882 bits per heavy atom. The Kier molecular flexibility index (Phi) is 8.47. The average molecular weight is 494 g/mol. The maximum atomic E-state index is 12.7. The number of aryl methyl sites for hydroxylation is 6. The van der Waals surface area contributed by atoms with Crippen molar-refractivity contribution in [1.82, 2.24) is 34.1 Å². The molecule has 1 fully saturated rings. The number of hydrogen-bond donors (Lipinski definition) is 1. The average Bonchev–Trinajstić information content (AvgIpc) is 3.28. The SMILES string of the molecule is Cc1cc(C)n(CCC(=O)NCCS(=O)(=O)N2CCN(C(=O)CCn3nc(C)cc3C)CC2)n1. The van der Waals surface area contributed by atoms with E-state index < -0.39 is 10.0 Å². The van der Waals surface area contributed by atoms with E-state index in [1.165, 1.54) is 4.31 Å². The third-order valence-corrected chi connectivity index (χ3v) is 7.83. The topological polar surface area (TPSA) is 122 Å². The van der Waals surface area contributed by atoms with Crippen LogP contribution < -0.4 is 5.32 Å². The maximum Gasteiger partial charge on any atom is 0.224 e. The minimum atomic E-state index is -3.51. The summed E-state index contributed by atoms with van der Waals surface area (Å²) in [6, 6.07) is 3.91. The molecular weight excluding hydrogens is 458 g/mol. The minimum Gasteiger partial charge on any atom is -0.355 e. The van der Waals surface area contributed by atoms with Crippen LogP contribution in [0.2, 0.25) is 0 Å². The highest BCUT2D eigenvalue weighted by Crippen LogP contribution is 2.10. The molecule has 3 heterocycles. The van der Waals surface area contributed by atoms with Crippen LogP contribution >= 0.6 is 0 Å². The second kappa shape index (κ2) is 11.1.